The number of rotatable bonds is 3. The van der Waals surface area contributed by atoms with Crippen LogP contribution in [0.5, 0.6) is 0 Å². The zero-order valence-corrected chi connectivity index (χ0v) is 8.83. The standard InChI is InChI=1S/C8H15N3O2S/c9-3-5-14(12,13)11-4-1-2-8(6-10)7-11/h8H,1-2,4-7,10H2. The fourth-order valence-corrected chi connectivity index (χ4v) is 2.84. The molecule has 1 unspecified atom stereocenters. The summed E-state index contributed by atoms with van der Waals surface area (Å²) in [6.07, 6.45) is 1.82. The van der Waals surface area contributed by atoms with Crippen molar-refractivity contribution in [3.8, 4) is 6.07 Å². The second-order valence-electron chi connectivity index (χ2n) is 3.52. The third-order valence-corrected chi connectivity index (χ3v) is 4.07. The highest BCUT2D eigenvalue weighted by Crippen LogP contribution is 2.18. The molecule has 0 amide bonds. The Hall–Kier alpha value is -0.640. The molecule has 14 heavy (non-hydrogen) atoms. The van der Waals surface area contributed by atoms with Gasteiger partial charge in [0.05, 0.1) is 6.07 Å². The molecule has 0 aliphatic carbocycles. The quantitative estimate of drug-likeness (QED) is 0.691. The fraction of sp³-hybridized carbons (Fsp3) is 0.875. The Morgan fingerprint density at radius 1 is 1.57 bits per heavy atom. The summed E-state index contributed by atoms with van der Waals surface area (Å²) in [6.45, 7) is 1.51. The highest BCUT2D eigenvalue weighted by Gasteiger charge is 2.27. The molecule has 1 aliphatic heterocycles. The molecule has 0 aromatic rings. The van der Waals surface area contributed by atoms with Crippen LogP contribution in [0.3, 0.4) is 0 Å². The third-order valence-electron chi connectivity index (χ3n) is 2.46. The molecule has 5 nitrogen and oxygen atoms in total. The Labute approximate surface area is 84.5 Å². The molecule has 0 radical (unpaired) electrons. The Kier molecular flexibility index (Phi) is 3.86. The van der Waals surface area contributed by atoms with Crippen LogP contribution in [0.4, 0.5) is 0 Å². The average molecular weight is 217 g/mol. The molecule has 0 aromatic carbocycles. The SMILES string of the molecule is N#CCS(=O)(=O)N1CCCC(CN)C1. The van der Waals surface area contributed by atoms with E-state index < -0.39 is 15.8 Å². The monoisotopic (exact) mass is 217 g/mol. The van der Waals surface area contributed by atoms with Crippen molar-refractivity contribution in [3.05, 3.63) is 0 Å². The van der Waals surface area contributed by atoms with Crippen molar-refractivity contribution in [1.82, 2.24) is 4.31 Å². The van der Waals surface area contributed by atoms with E-state index in [2.05, 4.69) is 0 Å². The number of sulfonamides is 1. The van der Waals surface area contributed by atoms with E-state index in [1.54, 1.807) is 6.07 Å². The van der Waals surface area contributed by atoms with Crippen molar-refractivity contribution < 1.29 is 8.42 Å². The number of hydrogen-bond donors (Lipinski definition) is 1. The summed E-state index contributed by atoms with van der Waals surface area (Å²) in [5.74, 6) is -0.179. The van der Waals surface area contributed by atoms with E-state index >= 15 is 0 Å². The molecule has 0 aromatic heterocycles. The first kappa shape index (κ1) is 11.4. The summed E-state index contributed by atoms with van der Waals surface area (Å²) < 4.78 is 24.4. The summed E-state index contributed by atoms with van der Waals surface area (Å²) in [5.41, 5.74) is 5.50. The van der Waals surface area contributed by atoms with Crippen molar-refractivity contribution in [2.75, 3.05) is 25.4 Å². The van der Waals surface area contributed by atoms with Crippen LogP contribution >= 0.6 is 0 Å². The molecule has 2 N–H and O–H groups in total. The zero-order chi connectivity index (χ0) is 10.6. The van der Waals surface area contributed by atoms with Crippen LogP contribution in [0, 0.1) is 17.2 Å². The highest BCUT2D eigenvalue weighted by molar-refractivity contribution is 7.89. The van der Waals surface area contributed by atoms with Crippen LogP contribution in [0.15, 0.2) is 0 Å². The summed E-state index contributed by atoms with van der Waals surface area (Å²) in [7, 11) is -3.36. The summed E-state index contributed by atoms with van der Waals surface area (Å²) >= 11 is 0. The fourth-order valence-electron chi connectivity index (χ4n) is 1.64. The molecule has 1 saturated heterocycles. The van der Waals surface area contributed by atoms with E-state index in [-0.39, 0.29) is 5.92 Å². The van der Waals surface area contributed by atoms with Gasteiger partial charge in [-0.3, -0.25) is 0 Å². The van der Waals surface area contributed by atoms with Crippen LogP contribution in [0.25, 0.3) is 0 Å². The first-order valence-corrected chi connectivity index (χ1v) is 6.26. The van der Waals surface area contributed by atoms with Crippen LogP contribution in [-0.2, 0) is 10.0 Å². The van der Waals surface area contributed by atoms with Gasteiger partial charge >= 0.3 is 0 Å². The molecule has 1 aliphatic rings. The van der Waals surface area contributed by atoms with Gasteiger partial charge in [-0.1, -0.05) is 0 Å². The Morgan fingerprint density at radius 2 is 2.29 bits per heavy atom. The minimum Gasteiger partial charge on any atom is -0.330 e. The number of nitrogens with two attached hydrogens (primary N) is 1. The molecule has 80 valence electrons. The minimum atomic E-state index is -3.36. The summed E-state index contributed by atoms with van der Waals surface area (Å²) in [6, 6.07) is 1.68. The van der Waals surface area contributed by atoms with E-state index in [0.717, 1.165) is 12.8 Å². The first-order chi connectivity index (χ1) is 6.60. The molecule has 0 bridgehead atoms. The van der Waals surface area contributed by atoms with Gasteiger partial charge in [0.25, 0.3) is 0 Å². The lowest BCUT2D eigenvalue weighted by Crippen LogP contribution is -2.42. The van der Waals surface area contributed by atoms with Gasteiger partial charge < -0.3 is 5.73 Å². The number of hydrogen-bond acceptors (Lipinski definition) is 4. The Bertz CT molecular complexity index is 320. The summed E-state index contributed by atoms with van der Waals surface area (Å²) in [5, 5.41) is 8.38. The minimum absolute atomic E-state index is 0.247. The Balaban J connectivity index is 2.65. The predicted molar refractivity (Wildman–Crippen MR) is 52.8 cm³/mol. The molecule has 6 heteroatoms. The number of piperidine rings is 1. The van der Waals surface area contributed by atoms with E-state index in [4.69, 9.17) is 11.0 Å². The molecule has 1 rings (SSSR count). The van der Waals surface area contributed by atoms with Gasteiger partial charge in [0.15, 0.2) is 5.75 Å². The largest absolute Gasteiger partial charge is 0.330 e. The van der Waals surface area contributed by atoms with Gasteiger partial charge in [0.1, 0.15) is 0 Å². The smallest absolute Gasteiger partial charge is 0.227 e. The second kappa shape index (κ2) is 4.73. The normalized spacial score (nSPS) is 24.4. The lowest BCUT2D eigenvalue weighted by atomic mass is 10.0. The topological polar surface area (TPSA) is 87.2 Å². The van der Waals surface area contributed by atoms with Crippen molar-refractivity contribution in [2.45, 2.75) is 12.8 Å². The maximum absolute atomic E-state index is 11.5. The summed E-state index contributed by atoms with van der Waals surface area (Å²) in [4.78, 5) is 0. The molecule has 1 heterocycles. The van der Waals surface area contributed by atoms with Crippen molar-refractivity contribution >= 4 is 10.0 Å². The zero-order valence-electron chi connectivity index (χ0n) is 8.02. The van der Waals surface area contributed by atoms with Crippen molar-refractivity contribution in [3.63, 3.8) is 0 Å². The predicted octanol–water partition coefficient (Wildman–Crippen LogP) is -0.490. The molecule has 1 atom stereocenters. The Morgan fingerprint density at radius 3 is 2.86 bits per heavy atom. The lowest BCUT2D eigenvalue weighted by molar-refractivity contribution is 0.272. The van der Waals surface area contributed by atoms with Gasteiger partial charge in [-0.25, -0.2) is 12.7 Å². The third kappa shape index (κ3) is 2.67. The van der Waals surface area contributed by atoms with Crippen molar-refractivity contribution in [2.24, 2.45) is 11.7 Å². The first-order valence-electron chi connectivity index (χ1n) is 4.65. The van der Waals surface area contributed by atoms with Crippen LogP contribution < -0.4 is 5.73 Å². The van der Waals surface area contributed by atoms with Gasteiger partial charge in [0, 0.05) is 13.1 Å². The van der Waals surface area contributed by atoms with E-state index in [1.165, 1.54) is 4.31 Å². The van der Waals surface area contributed by atoms with Gasteiger partial charge in [-0.15, -0.1) is 0 Å². The average Bonchev–Trinajstić information content (AvgIpc) is 2.18. The maximum Gasteiger partial charge on any atom is 0.227 e. The van der Waals surface area contributed by atoms with Gasteiger partial charge in [-0.05, 0) is 25.3 Å². The molecule has 0 saturated carbocycles. The molecular formula is C8H15N3O2S. The van der Waals surface area contributed by atoms with Crippen LogP contribution in [-0.4, -0.2) is 38.1 Å². The van der Waals surface area contributed by atoms with Gasteiger partial charge in [0.2, 0.25) is 10.0 Å². The highest BCUT2D eigenvalue weighted by atomic mass is 32.2. The lowest BCUT2D eigenvalue weighted by Gasteiger charge is -2.30. The van der Waals surface area contributed by atoms with Crippen molar-refractivity contribution in [1.29, 1.82) is 5.26 Å². The number of nitriles is 1. The second-order valence-corrected chi connectivity index (χ2v) is 5.49. The van der Waals surface area contributed by atoms with Crippen LogP contribution in [0.2, 0.25) is 0 Å². The van der Waals surface area contributed by atoms with Gasteiger partial charge in [-0.2, -0.15) is 5.26 Å². The maximum atomic E-state index is 11.5. The van der Waals surface area contributed by atoms with Crippen LogP contribution in [0.1, 0.15) is 12.8 Å². The molecule has 0 spiro atoms. The number of nitrogens with zero attached hydrogens (tertiary/aromatic N) is 2. The van der Waals surface area contributed by atoms with E-state index in [0.29, 0.717) is 19.6 Å². The van der Waals surface area contributed by atoms with E-state index in [1.807, 2.05) is 0 Å². The molecular weight excluding hydrogens is 202 g/mol. The van der Waals surface area contributed by atoms with E-state index in [9.17, 15) is 8.42 Å². The molecule has 1 fully saturated rings.